The number of benzene rings is 1. The van der Waals surface area contributed by atoms with Crippen LogP contribution in [0.2, 0.25) is 0 Å². The van der Waals surface area contributed by atoms with E-state index in [0.717, 1.165) is 5.69 Å². The van der Waals surface area contributed by atoms with Crippen LogP contribution in [0.1, 0.15) is 25.5 Å². The van der Waals surface area contributed by atoms with Gasteiger partial charge in [-0.25, -0.2) is 4.57 Å². The third-order valence-corrected chi connectivity index (χ3v) is 4.74. The number of para-hydroxylation sites is 1. The lowest BCUT2D eigenvalue weighted by atomic mass is 10.1. The maximum atomic E-state index is 12.6. The van der Waals surface area contributed by atoms with Gasteiger partial charge in [0, 0.05) is 12.1 Å². The molecule has 1 aromatic carbocycles. The maximum Gasteiger partial charge on any atom is 0.475 e. The molecular formula is C15H20NO5P. The molecule has 120 valence electrons. The highest BCUT2D eigenvalue weighted by Crippen LogP contribution is 2.55. The number of carbonyl (C=O) groups excluding carboxylic acids is 1. The minimum Gasteiger partial charge on any atom is -0.306 e. The molecule has 1 aliphatic rings. The number of phosphoric acid groups is 1. The van der Waals surface area contributed by atoms with E-state index in [9.17, 15) is 9.36 Å². The third kappa shape index (κ3) is 3.31. The molecule has 0 bridgehead atoms. The van der Waals surface area contributed by atoms with Crippen molar-refractivity contribution in [1.82, 2.24) is 0 Å². The zero-order chi connectivity index (χ0) is 16.2. The fourth-order valence-electron chi connectivity index (χ4n) is 2.31. The Morgan fingerprint density at radius 2 is 1.91 bits per heavy atom. The molecule has 1 aliphatic heterocycles. The van der Waals surface area contributed by atoms with Crippen molar-refractivity contribution in [1.29, 1.82) is 0 Å². The van der Waals surface area contributed by atoms with E-state index in [1.54, 1.807) is 32.1 Å². The Bertz CT molecular complexity index is 593. The second-order valence-electron chi connectivity index (χ2n) is 4.56. The molecule has 0 saturated carbocycles. The highest BCUT2D eigenvalue weighted by atomic mass is 31.2. The first-order valence-corrected chi connectivity index (χ1v) is 8.61. The smallest absolute Gasteiger partial charge is 0.306 e. The lowest BCUT2D eigenvalue weighted by Crippen LogP contribution is -2.29. The Labute approximate surface area is 130 Å². The molecule has 0 aliphatic carbocycles. The van der Waals surface area contributed by atoms with Gasteiger partial charge in [-0.2, -0.15) is 0 Å². The Morgan fingerprint density at radius 3 is 2.50 bits per heavy atom. The first-order chi connectivity index (χ1) is 10.6. The van der Waals surface area contributed by atoms with Crippen molar-refractivity contribution in [2.75, 3.05) is 24.7 Å². The third-order valence-electron chi connectivity index (χ3n) is 3.12. The molecule has 1 amide bonds. The van der Waals surface area contributed by atoms with Crippen LogP contribution >= 0.6 is 7.82 Å². The summed E-state index contributed by atoms with van der Waals surface area (Å²) in [5, 5.41) is 0. The van der Waals surface area contributed by atoms with Crippen LogP contribution < -0.4 is 4.90 Å². The van der Waals surface area contributed by atoms with Gasteiger partial charge in [-0.15, -0.1) is 6.58 Å². The standard InChI is InChI=1S/C15H20NO5P/c1-4-11-16-13-10-8-7-9-12(13)14(15(16)17)21-22(18,19-5-2)20-6-3/h4,7-10,14H,1,5-6,11H2,2-3H3. The summed E-state index contributed by atoms with van der Waals surface area (Å²) >= 11 is 0. The van der Waals surface area contributed by atoms with Crippen molar-refractivity contribution in [3.05, 3.63) is 42.5 Å². The number of anilines is 1. The second kappa shape index (κ2) is 7.20. The molecule has 0 N–H and O–H groups in total. The molecule has 0 saturated heterocycles. The summed E-state index contributed by atoms with van der Waals surface area (Å²) in [7, 11) is -3.78. The van der Waals surface area contributed by atoms with Gasteiger partial charge >= 0.3 is 7.82 Å². The zero-order valence-corrected chi connectivity index (χ0v) is 13.6. The van der Waals surface area contributed by atoms with E-state index in [1.165, 1.54) is 4.90 Å². The van der Waals surface area contributed by atoms with Gasteiger partial charge in [-0.3, -0.25) is 18.4 Å². The number of phosphoric ester groups is 1. The topological polar surface area (TPSA) is 65.1 Å². The van der Waals surface area contributed by atoms with Gasteiger partial charge in [0.1, 0.15) is 0 Å². The quantitative estimate of drug-likeness (QED) is 0.541. The van der Waals surface area contributed by atoms with Crippen molar-refractivity contribution in [3.8, 4) is 0 Å². The SMILES string of the molecule is C=CCN1C(=O)C(OP(=O)(OCC)OCC)c2ccccc21. The number of hydrogen-bond acceptors (Lipinski definition) is 5. The lowest BCUT2D eigenvalue weighted by molar-refractivity contribution is -0.125. The minimum absolute atomic E-state index is 0.163. The van der Waals surface area contributed by atoms with E-state index >= 15 is 0 Å². The van der Waals surface area contributed by atoms with Crippen molar-refractivity contribution >= 4 is 19.4 Å². The van der Waals surface area contributed by atoms with Crippen LogP contribution in [-0.4, -0.2) is 25.7 Å². The molecular weight excluding hydrogens is 305 g/mol. The van der Waals surface area contributed by atoms with E-state index in [-0.39, 0.29) is 19.1 Å². The lowest BCUT2D eigenvalue weighted by Gasteiger charge is -2.20. The first kappa shape index (κ1) is 16.9. The fourth-order valence-corrected chi connectivity index (χ4v) is 3.60. The summed E-state index contributed by atoms with van der Waals surface area (Å²) in [6.45, 7) is 7.70. The van der Waals surface area contributed by atoms with Crippen LogP contribution in [0, 0.1) is 0 Å². The van der Waals surface area contributed by atoms with E-state index in [0.29, 0.717) is 12.1 Å². The summed E-state index contributed by atoms with van der Waals surface area (Å²) in [5.41, 5.74) is 1.37. The molecule has 7 heteroatoms. The monoisotopic (exact) mass is 325 g/mol. The predicted octanol–water partition coefficient (Wildman–Crippen LogP) is 3.46. The molecule has 0 radical (unpaired) electrons. The molecule has 1 unspecified atom stereocenters. The fraction of sp³-hybridized carbons (Fsp3) is 0.400. The normalized spacial score (nSPS) is 17.6. The van der Waals surface area contributed by atoms with Crippen molar-refractivity contribution in [3.63, 3.8) is 0 Å². The van der Waals surface area contributed by atoms with Gasteiger partial charge in [0.05, 0.1) is 18.9 Å². The first-order valence-electron chi connectivity index (χ1n) is 7.15. The van der Waals surface area contributed by atoms with Crippen LogP contribution in [0.5, 0.6) is 0 Å². The maximum absolute atomic E-state index is 12.6. The summed E-state index contributed by atoms with van der Waals surface area (Å²) < 4.78 is 28.2. The number of fused-ring (bicyclic) bond motifs is 1. The number of hydrogen-bond donors (Lipinski definition) is 0. The Morgan fingerprint density at radius 1 is 1.27 bits per heavy atom. The summed E-state index contributed by atoms with van der Waals surface area (Å²) in [6, 6.07) is 7.21. The summed E-state index contributed by atoms with van der Waals surface area (Å²) in [4.78, 5) is 14.1. The van der Waals surface area contributed by atoms with Crippen molar-refractivity contribution < 1.29 is 22.9 Å². The van der Waals surface area contributed by atoms with Gasteiger partial charge in [0.25, 0.3) is 5.91 Å². The number of nitrogens with zero attached hydrogens (tertiary/aromatic N) is 1. The Hall–Kier alpha value is -1.46. The molecule has 22 heavy (non-hydrogen) atoms. The number of amides is 1. The molecule has 1 atom stereocenters. The van der Waals surface area contributed by atoms with Crippen molar-refractivity contribution in [2.45, 2.75) is 20.0 Å². The minimum atomic E-state index is -3.78. The average Bonchev–Trinajstić information content (AvgIpc) is 2.74. The number of rotatable bonds is 8. The van der Waals surface area contributed by atoms with Crippen molar-refractivity contribution in [2.24, 2.45) is 0 Å². The number of carbonyl (C=O) groups is 1. The van der Waals surface area contributed by atoms with Gasteiger partial charge in [-0.05, 0) is 19.9 Å². The second-order valence-corrected chi connectivity index (χ2v) is 6.19. The van der Waals surface area contributed by atoms with Crippen LogP contribution in [0.3, 0.4) is 0 Å². The highest BCUT2D eigenvalue weighted by Gasteiger charge is 2.43. The van der Waals surface area contributed by atoms with E-state index < -0.39 is 13.9 Å². The van der Waals surface area contributed by atoms with Gasteiger partial charge < -0.3 is 4.90 Å². The average molecular weight is 325 g/mol. The summed E-state index contributed by atoms with van der Waals surface area (Å²) in [5.74, 6) is -0.305. The molecule has 0 aromatic heterocycles. The predicted molar refractivity (Wildman–Crippen MR) is 83.7 cm³/mol. The zero-order valence-electron chi connectivity index (χ0n) is 12.7. The van der Waals surface area contributed by atoms with Gasteiger partial charge in [0.15, 0.2) is 6.10 Å². The molecule has 1 heterocycles. The molecule has 0 spiro atoms. The molecule has 2 rings (SSSR count). The highest BCUT2D eigenvalue weighted by molar-refractivity contribution is 7.48. The van der Waals surface area contributed by atoms with Crippen LogP contribution in [0.4, 0.5) is 5.69 Å². The van der Waals surface area contributed by atoms with Crippen LogP contribution in [-0.2, 0) is 22.9 Å². The summed E-state index contributed by atoms with van der Waals surface area (Å²) in [6.07, 6.45) is 0.627. The Kier molecular flexibility index (Phi) is 5.53. The van der Waals surface area contributed by atoms with E-state index in [2.05, 4.69) is 6.58 Å². The van der Waals surface area contributed by atoms with Gasteiger partial charge in [-0.1, -0.05) is 24.3 Å². The van der Waals surface area contributed by atoms with Crippen LogP contribution in [0.25, 0.3) is 0 Å². The molecule has 1 aromatic rings. The van der Waals surface area contributed by atoms with Crippen LogP contribution in [0.15, 0.2) is 36.9 Å². The Balaban J connectivity index is 2.33. The largest absolute Gasteiger partial charge is 0.475 e. The molecule has 6 nitrogen and oxygen atoms in total. The van der Waals surface area contributed by atoms with E-state index in [1.807, 2.05) is 12.1 Å². The molecule has 0 fully saturated rings. The van der Waals surface area contributed by atoms with E-state index in [4.69, 9.17) is 13.6 Å². The van der Waals surface area contributed by atoms with Gasteiger partial charge in [0.2, 0.25) is 0 Å².